The number of carbonyl (C=O) groups is 2. The Bertz CT molecular complexity index is 460. The number of unbranched alkanes of at least 4 members (excludes halogenated alkanes) is 1. The molecule has 0 aliphatic heterocycles. The molecule has 0 atom stereocenters. The van der Waals surface area contributed by atoms with Gasteiger partial charge in [0.15, 0.2) is 0 Å². The molecule has 1 aromatic rings. The summed E-state index contributed by atoms with van der Waals surface area (Å²) in [6.45, 7) is 4.88. The van der Waals surface area contributed by atoms with Gasteiger partial charge in [0.1, 0.15) is 0 Å². The molecule has 0 spiro atoms. The third-order valence-electron chi connectivity index (χ3n) is 2.85. The maximum atomic E-state index is 11.9. The van der Waals surface area contributed by atoms with E-state index in [9.17, 15) is 9.59 Å². The Kier molecular flexibility index (Phi) is 7.08. The van der Waals surface area contributed by atoms with Crippen molar-refractivity contribution in [1.82, 2.24) is 4.90 Å². The van der Waals surface area contributed by atoms with Gasteiger partial charge >= 0.3 is 12.1 Å². The SMILES string of the molecule is CCCCN(C)C(=O)Nc1ccc(NC(=O)OCC)cc1. The number of hydrogen-bond donors (Lipinski definition) is 2. The Balaban J connectivity index is 2.50. The molecule has 21 heavy (non-hydrogen) atoms. The molecule has 2 N–H and O–H groups in total. The van der Waals surface area contributed by atoms with E-state index in [1.54, 1.807) is 43.1 Å². The monoisotopic (exact) mass is 293 g/mol. The van der Waals surface area contributed by atoms with Crippen LogP contribution in [0.15, 0.2) is 24.3 Å². The van der Waals surface area contributed by atoms with E-state index in [2.05, 4.69) is 17.6 Å². The summed E-state index contributed by atoms with van der Waals surface area (Å²) < 4.78 is 4.78. The predicted molar refractivity (Wildman–Crippen MR) is 83.6 cm³/mol. The lowest BCUT2D eigenvalue weighted by Gasteiger charge is -2.17. The van der Waals surface area contributed by atoms with Crippen molar-refractivity contribution < 1.29 is 14.3 Å². The van der Waals surface area contributed by atoms with Gasteiger partial charge in [0.05, 0.1) is 6.61 Å². The highest BCUT2D eigenvalue weighted by molar-refractivity contribution is 5.90. The molecule has 0 saturated heterocycles. The van der Waals surface area contributed by atoms with Crippen LogP contribution in [0.4, 0.5) is 21.0 Å². The summed E-state index contributed by atoms with van der Waals surface area (Å²) >= 11 is 0. The zero-order chi connectivity index (χ0) is 15.7. The highest BCUT2D eigenvalue weighted by Gasteiger charge is 2.08. The fraction of sp³-hybridized carbons (Fsp3) is 0.467. The second-order valence-corrected chi connectivity index (χ2v) is 4.63. The lowest BCUT2D eigenvalue weighted by molar-refractivity contribution is 0.168. The molecular formula is C15H23N3O3. The van der Waals surface area contributed by atoms with Gasteiger partial charge in [-0.25, -0.2) is 9.59 Å². The molecule has 0 unspecified atom stereocenters. The minimum absolute atomic E-state index is 0.144. The summed E-state index contributed by atoms with van der Waals surface area (Å²) in [6.07, 6.45) is 1.53. The smallest absolute Gasteiger partial charge is 0.411 e. The van der Waals surface area contributed by atoms with E-state index in [1.807, 2.05) is 0 Å². The third kappa shape index (κ3) is 6.16. The van der Waals surface area contributed by atoms with Crippen LogP contribution in [0.25, 0.3) is 0 Å². The molecule has 0 fully saturated rings. The van der Waals surface area contributed by atoms with Crippen LogP contribution >= 0.6 is 0 Å². The number of nitrogens with one attached hydrogen (secondary N) is 2. The van der Waals surface area contributed by atoms with E-state index in [1.165, 1.54) is 0 Å². The van der Waals surface area contributed by atoms with Gasteiger partial charge in [-0.05, 0) is 37.6 Å². The molecular weight excluding hydrogens is 270 g/mol. The van der Waals surface area contributed by atoms with Crippen LogP contribution in [0, 0.1) is 0 Å². The number of benzene rings is 1. The van der Waals surface area contributed by atoms with Gasteiger partial charge in [0.25, 0.3) is 0 Å². The van der Waals surface area contributed by atoms with Gasteiger partial charge in [-0.1, -0.05) is 13.3 Å². The van der Waals surface area contributed by atoms with Gasteiger partial charge in [-0.15, -0.1) is 0 Å². The minimum Gasteiger partial charge on any atom is -0.450 e. The normalized spacial score (nSPS) is 9.86. The lowest BCUT2D eigenvalue weighted by Crippen LogP contribution is -2.32. The molecule has 3 amide bonds. The van der Waals surface area contributed by atoms with Crippen molar-refractivity contribution in [2.75, 3.05) is 30.8 Å². The second kappa shape index (κ2) is 8.84. The first-order valence-electron chi connectivity index (χ1n) is 7.12. The minimum atomic E-state index is -0.492. The largest absolute Gasteiger partial charge is 0.450 e. The Morgan fingerprint density at radius 2 is 1.67 bits per heavy atom. The van der Waals surface area contributed by atoms with Gasteiger partial charge in [0.2, 0.25) is 0 Å². The van der Waals surface area contributed by atoms with Gasteiger partial charge in [-0.2, -0.15) is 0 Å². The number of ether oxygens (including phenoxy) is 1. The fourth-order valence-corrected chi connectivity index (χ4v) is 1.64. The van der Waals surface area contributed by atoms with Crippen molar-refractivity contribution in [1.29, 1.82) is 0 Å². The van der Waals surface area contributed by atoms with E-state index in [0.29, 0.717) is 18.0 Å². The number of nitrogens with zero attached hydrogens (tertiary/aromatic N) is 1. The summed E-state index contributed by atoms with van der Waals surface area (Å²) in [5.74, 6) is 0. The maximum Gasteiger partial charge on any atom is 0.411 e. The number of anilines is 2. The number of amides is 3. The van der Waals surface area contributed by atoms with Gasteiger partial charge < -0.3 is 15.0 Å². The predicted octanol–water partition coefficient (Wildman–Crippen LogP) is 3.52. The number of urea groups is 1. The number of rotatable bonds is 6. The highest BCUT2D eigenvalue weighted by Crippen LogP contribution is 2.14. The zero-order valence-electron chi connectivity index (χ0n) is 12.8. The van der Waals surface area contributed by atoms with Crippen molar-refractivity contribution in [3.05, 3.63) is 24.3 Å². The standard InChI is InChI=1S/C15H23N3O3/c1-4-6-11-18(3)14(19)16-12-7-9-13(10-8-12)17-15(20)21-5-2/h7-10H,4-6,11H2,1-3H3,(H,16,19)(H,17,20). The van der Waals surface area contributed by atoms with Crippen LogP contribution in [-0.2, 0) is 4.74 Å². The summed E-state index contributed by atoms with van der Waals surface area (Å²) in [5.41, 5.74) is 1.29. The number of hydrogen-bond acceptors (Lipinski definition) is 3. The average molecular weight is 293 g/mol. The van der Waals surface area contributed by atoms with Gasteiger partial charge in [-0.3, -0.25) is 5.32 Å². The number of carbonyl (C=O) groups excluding carboxylic acids is 2. The van der Waals surface area contributed by atoms with Crippen LogP contribution in [0.3, 0.4) is 0 Å². The quantitative estimate of drug-likeness (QED) is 0.843. The molecule has 0 heterocycles. The van der Waals surface area contributed by atoms with E-state index in [-0.39, 0.29) is 6.03 Å². The third-order valence-corrected chi connectivity index (χ3v) is 2.85. The summed E-state index contributed by atoms with van der Waals surface area (Å²) in [7, 11) is 1.77. The van der Waals surface area contributed by atoms with Crippen LogP contribution in [0.1, 0.15) is 26.7 Å². The van der Waals surface area contributed by atoms with Crippen LogP contribution in [0.5, 0.6) is 0 Å². The molecule has 116 valence electrons. The van der Waals surface area contributed by atoms with Crippen molar-refractivity contribution in [3.63, 3.8) is 0 Å². The van der Waals surface area contributed by atoms with Gasteiger partial charge in [0, 0.05) is 25.0 Å². The topological polar surface area (TPSA) is 70.7 Å². The molecule has 0 aromatic heterocycles. The molecule has 1 rings (SSSR count). The maximum absolute atomic E-state index is 11.9. The first-order valence-corrected chi connectivity index (χ1v) is 7.12. The van der Waals surface area contributed by atoms with Crippen LogP contribution in [-0.4, -0.2) is 37.2 Å². The Morgan fingerprint density at radius 3 is 2.19 bits per heavy atom. The first kappa shape index (κ1) is 16.8. The van der Waals surface area contributed by atoms with Crippen LogP contribution in [0.2, 0.25) is 0 Å². The second-order valence-electron chi connectivity index (χ2n) is 4.63. The lowest BCUT2D eigenvalue weighted by atomic mass is 10.3. The molecule has 0 saturated carbocycles. The van der Waals surface area contributed by atoms with Crippen molar-refractivity contribution in [2.24, 2.45) is 0 Å². The van der Waals surface area contributed by atoms with E-state index in [4.69, 9.17) is 4.74 Å². The fourth-order valence-electron chi connectivity index (χ4n) is 1.64. The summed E-state index contributed by atoms with van der Waals surface area (Å²) in [4.78, 5) is 24.8. The summed E-state index contributed by atoms with van der Waals surface area (Å²) in [5, 5.41) is 5.39. The van der Waals surface area contributed by atoms with E-state index < -0.39 is 6.09 Å². The molecule has 6 heteroatoms. The molecule has 0 aliphatic carbocycles. The van der Waals surface area contributed by atoms with E-state index >= 15 is 0 Å². The Hall–Kier alpha value is -2.24. The van der Waals surface area contributed by atoms with E-state index in [0.717, 1.165) is 19.4 Å². The van der Waals surface area contributed by atoms with Crippen molar-refractivity contribution in [2.45, 2.75) is 26.7 Å². The van der Waals surface area contributed by atoms with Crippen molar-refractivity contribution >= 4 is 23.5 Å². The molecule has 0 aliphatic rings. The summed E-state index contributed by atoms with van der Waals surface area (Å²) in [6, 6.07) is 6.73. The molecule has 6 nitrogen and oxygen atoms in total. The molecule has 1 aromatic carbocycles. The Labute approximate surface area is 125 Å². The zero-order valence-corrected chi connectivity index (χ0v) is 12.8. The Morgan fingerprint density at radius 1 is 1.10 bits per heavy atom. The molecule has 0 bridgehead atoms. The average Bonchev–Trinajstić information content (AvgIpc) is 2.47. The highest BCUT2D eigenvalue weighted by atomic mass is 16.5. The molecule has 0 radical (unpaired) electrons. The first-order chi connectivity index (χ1) is 10.1. The van der Waals surface area contributed by atoms with Crippen molar-refractivity contribution in [3.8, 4) is 0 Å². The van der Waals surface area contributed by atoms with Crippen LogP contribution < -0.4 is 10.6 Å².